The summed E-state index contributed by atoms with van der Waals surface area (Å²) in [5, 5.41) is 3.40. The molecule has 3 rings (SSSR count). The van der Waals surface area contributed by atoms with Crippen LogP contribution in [-0.2, 0) is 9.84 Å². The van der Waals surface area contributed by atoms with E-state index in [-0.39, 0.29) is 0 Å². The largest absolute Gasteiger partial charge is 0.351 e. The van der Waals surface area contributed by atoms with Crippen molar-refractivity contribution in [1.29, 1.82) is 0 Å². The summed E-state index contributed by atoms with van der Waals surface area (Å²) in [6, 6.07) is 3.72. The first-order valence-electron chi connectivity index (χ1n) is 6.70. The third-order valence-corrected chi connectivity index (χ3v) is 5.22. The zero-order valence-electron chi connectivity index (χ0n) is 11.0. The predicted octanol–water partition coefficient (Wildman–Crippen LogP) is 0.673. The summed E-state index contributed by atoms with van der Waals surface area (Å²) in [5.41, 5.74) is 0. The molecule has 2 aliphatic heterocycles. The second kappa shape index (κ2) is 4.76. The Morgan fingerprint density at radius 1 is 1.42 bits per heavy atom. The second-order valence-electron chi connectivity index (χ2n) is 5.42. The number of piperidine rings is 1. The van der Waals surface area contributed by atoms with Crippen LogP contribution in [0.2, 0.25) is 0 Å². The molecule has 2 atom stereocenters. The number of hydrogen-bond acceptors (Lipinski definition) is 5. The zero-order valence-corrected chi connectivity index (χ0v) is 11.9. The van der Waals surface area contributed by atoms with Crippen molar-refractivity contribution in [2.24, 2.45) is 5.92 Å². The van der Waals surface area contributed by atoms with E-state index < -0.39 is 9.84 Å². The lowest BCUT2D eigenvalue weighted by molar-refractivity contribution is 0.381. The number of anilines is 1. The van der Waals surface area contributed by atoms with Gasteiger partial charge in [-0.05, 0) is 30.9 Å². The number of fused-ring (bicyclic) bond motifs is 1. The van der Waals surface area contributed by atoms with E-state index >= 15 is 0 Å². The summed E-state index contributed by atoms with van der Waals surface area (Å²) in [6.07, 6.45) is 5.25. The molecule has 104 valence electrons. The van der Waals surface area contributed by atoms with Gasteiger partial charge in [0.05, 0.1) is 0 Å². The lowest BCUT2D eigenvalue weighted by Gasteiger charge is -2.38. The fourth-order valence-corrected chi connectivity index (χ4v) is 4.05. The molecule has 2 fully saturated rings. The molecule has 2 unspecified atom stereocenters. The first-order chi connectivity index (χ1) is 9.07. The van der Waals surface area contributed by atoms with Crippen LogP contribution in [0.1, 0.15) is 12.8 Å². The van der Waals surface area contributed by atoms with Gasteiger partial charge >= 0.3 is 0 Å². The second-order valence-corrected chi connectivity index (χ2v) is 7.40. The molecule has 2 aliphatic rings. The van der Waals surface area contributed by atoms with Crippen molar-refractivity contribution in [3.63, 3.8) is 0 Å². The summed E-state index contributed by atoms with van der Waals surface area (Å²) in [5.74, 6) is 1.24. The van der Waals surface area contributed by atoms with Gasteiger partial charge in [-0.15, -0.1) is 0 Å². The normalized spacial score (nSPS) is 27.3. The van der Waals surface area contributed by atoms with Crippen molar-refractivity contribution in [2.75, 3.05) is 30.8 Å². The van der Waals surface area contributed by atoms with Crippen LogP contribution < -0.4 is 10.2 Å². The Bertz CT molecular complexity index is 573. The van der Waals surface area contributed by atoms with Gasteiger partial charge in [-0.1, -0.05) is 0 Å². The summed E-state index contributed by atoms with van der Waals surface area (Å²) >= 11 is 0. The average Bonchev–Trinajstić information content (AvgIpc) is 2.85. The number of nitrogens with one attached hydrogen (secondary N) is 1. The van der Waals surface area contributed by atoms with Crippen molar-refractivity contribution >= 4 is 15.7 Å². The molecule has 3 heterocycles. The van der Waals surface area contributed by atoms with Crippen molar-refractivity contribution in [3.8, 4) is 0 Å². The first-order valence-corrected chi connectivity index (χ1v) is 8.59. The van der Waals surface area contributed by atoms with Gasteiger partial charge in [0.25, 0.3) is 0 Å². The van der Waals surface area contributed by atoms with Crippen molar-refractivity contribution in [1.82, 2.24) is 10.3 Å². The highest BCUT2D eigenvalue weighted by Crippen LogP contribution is 2.32. The molecule has 0 spiro atoms. The Balaban J connectivity index is 2.02. The lowest BCUT2D eigenvalue weighted by atomic mass is 9.92. The number of hydrogen-bond donors (Lipinski definition) is 1. The third kappa shape index (κ3) is 2.34. The molecule has 0 amide bonds. The third-order valence-electron chi connectivity index (χ3n) is 4.10. The maximum absolute atomic E-state index is 11.9. The lowest BCUT2D eigenvalue weighted by Crippen LogP contribution is -2.46. The minimum Gasteiger partial charge on any atom is -0.351 e. The molecule has 6 heteroatoms. The molecule has 0 aromatic carbocycles. The van der Waals surface area contributed by atoms with Gasteiger partial charge in [0.2, 0.25) is 0 Å². The summed E-state index contributed by atoms with van der Waals surface area (Å²) < 4.78 is 23.8. The highest BCUT2D eigenvalue weighted by Gasteiger charge is 2.37. The van der Waals surface area contributed by atoms with Crippen LogP contribution in [-0.4, -0.2) is 45.3 Å². The van der Waals surface area contributed by atoms with E-state index in [2.05, 4.69) is 15.2 Å². The molecule has 2 saturated heterocycles. The minimum atomic E-state index is -3.24. The monoisotopic (exact) mass is 281 g/mol. The van der Waals surface area contributed by atoms with E-state index in [9.17, 15) is 8.42 Å². The van der Waals surface area contributed by atoms with Crippen LogP contribution in [0.15, 0.2) is 23.2 Å². The van der Waals surface area contributed by atoms with E-state index in [0.29, 0.717) is 22.7 Å². The zero-order chi connectivity index (χ0) is 13.5. The molecule has 5 nitrogen and oxygen atoms in total. The Kier molecular flexibility index (Phi) is 3.22. The van der Waals surface area contributed by atoms with Gasteiger partial charge in [-0.2, -0.15) is 0 Å². The quantitative estimate of drug-likeness (QED) is 0.863. The topological polar surface area (TPSA) is 62.3 Å². The van der Waals surface area contributed by atoms with Crippen LogP contribution in [0.25, 0.3) is 0 Å². The summed E-state index contributed by atoms with van der Waals surface area (Å²) in [6.45, 7) is 2.84. The maximum atomic E-state index is 11.9. The molecule has 0 bridgehead atoms. The van der Waals surface area contributed by atoms with E-state index in [0.717, 1.165) is 26.1 Å². The molecule has 1 aromatic rings. The molecule has 19 heavy (non-hydrogen) atoms. The average molecular weight is 281 g/mol. The predicted molar refractivity (Wildman–Crippen MR) is 74.1 cm³/mol. The van der Waals surface area contributed by atoms with Crippen LogP contribution in [0.5, 0.6) is 0 Å². The van der Waals surface area contributed by atoms with Gasteiger partial charge in [0.15, 0.2) is 9.84 Å². The molecule has 0 aliphatic carbocycles. The fraction of sp³-hybridized carbons (Fsp3) is 0.615. The van der Waals surface area contributed by atoms with Crippen LogP contribution in [0.4, 0.5) is 5.82 Å². The molecule has 1 aromatic heterocycles. The SMILES string of the molecule is CS(=O)(=O)c1cccnc1N1CCCC2CNCC21. The number of nitrogens with zero attached hydrogens (tertiary/aromatic N) is 2. The minimum absolute atomic E-state index is 0.350. The Hall–Kier alpha value is -1.14. The highest BCUT2D eigenvalue weighted by atomic mass is 32.2. The molecule has 0 saturated carbocycles. The Labute approximate surface area is 113 Å². The molecule has 1 N–H and O–H groups in total. The van der Waals surface area contributed by atoms with Crippen molar-refractivity contribution < 1.29 is 8.42 Å². The van der Waals surface area contributed by atoms with Gasteiger partial charge in [0.1, 0.15) is 10.7 Å². The summed E-state index contributed by atoms with van der Waals surface area (Å²) in [7, 11) is -3.24. The number of sulfone groups is 1. The smallest absolute Gasteiger partial charge is 0.179 e. The van der Waals surface area contributed by atoms with Crippen molar-refractivity contribution in [3.05, 3.63) is 18.3 Å². The van der Waals surface area contributed by atoms with Crippen molar-refractivity contribution in [2.45, 2.75) is 23.8 Å². The Morgan fingerprint density at radius 2 is 2.26 bits per heavy atom. The van der Waals surface area contributed by atoms with Crippen LogP contribution in [0, 0.1) is 5.92 Å². The van der Waals surface area contributed by atoms with Gasteiger partial charge in [-0.25, -0.2) is 13.4 Å². The first kappa shape index (κ1) is 12.9. The van der Waals surface area contributed by atoms with E-state index in [1.165, 1.54) is 12.7 Å². The number of pyridine rings is 1. The highest BCUT2D eigenvalue weighted by molar-refractivity contribution is 7.90. The maximum Gasteiger partial charge on any atom is 0.179 e. The van der Waals surface area contributed by atoms with Gasteiger partial charge < -0.3 is 10.2 Å². The Morgan fingerprint density at radius 3 is 3.05 bits per heavy atom. The number of rotatable bonds is 2. The van der Waals surface area contributed by atoms with Crippen LogP contribution >= 0.6 is 0 Å². The fourth-order valence-electron chi connectivity index (χ4n) is 3.22. The molecular formula is C13H19N3O2S. The summed E-state index contributed by atoms with van der Waals surface area (Å²) in [4.78, 5) is 6.88. The molecule has 0 radical (unpaired) electrons. The van der Waals surface area contributed by atoms with Gasteiger partial charge in [-0.3, -0.25) is 0 Å². The standard InChI is InChI=1S/C13H19N3O2S/c1-19(17,18)12-5-2-6-15-13(12)16-7-3-4-10-8-14-9-11(10)16/h2,5-6,10-11,14H,3-4,7-9H2,1H3. The van der Waals surface area contributed by atoms with Crippen LogP contribution in [0.3, 0.4) is 0 Å². The van der Waals surface area contributed by atoms with E-state index in [4.69, 9.17) is 0 Å². The van der Waals surface area contributed by atoms with E-state index in [1.54, 1.807) is 18.3 Å². The van der Waals surface area contributed by atoms with E-state index in [1.807, 2.05) is 0 Å². The van der Waals surface area contributed by atoms with Gasteiger partial charge in [0, 0.05) is 38.1 Å². The number of aromatic nitrogens is 1. The molecular weight excluding hydrogens is 262 g/mol.